The third-order valence-corrected chi connectivity index (χ3v) is 5.20. The van der Waals surface area contributed by atoms with Gasteiger partial charge in [0, 0.05) is 25.0 Å². The predicted molar refractivity (Wildman–Crippen MR) is 132 cm³/mol. The number of halogens is 1. The number of aromatic nitrogens is 3. The van der Waals surface area contributed by atoms with E-state index in [-0.39, 0.29) is 24.6 Å². The SMILES string of the molecule is CN=C/C(=C\N)CC(N)C(=O)NC(C)(C)Cn1nc(C(C)F)cc1-c1ccnc(C(C)(C)O)c1. The smallest absolute Gasteiger partial charge is 0.237 e. The summed E-state index contributed by atoms with van der Waals surface area (Å²) in [6.07, 6.45) is 3.49. The summed E-state index contributed by atoms with van der Waals surface area (Å²) < 4.78 is 15.8. The highest BCUT2D eigenvalue weighted by molar-refractivity contribution is 5.85. The van der Waals surface area contributed by atoms with Crippen LogP contribution in [0.4, 0.5) is 4.39 Å². The molecular formula is C24H36FN7O2. The first kappa shape index (κ1) is 27.1. The van der Waals surface area contributed by atoms with Crippen molar-refractivity contribution >= 4 is 12.1 Å². The molecule has 0 saturated heterocycles. The number of hydrogen-bond donors (Lipinski definition) is 4. The van der Waals surface area contributed by atoms with Gasteiger partial charge in [-0.2, -0.15) is 5.10 Å². The van der Waals surface area contributed by atoms with Gasteiger partial charge in [-0.15, -0.1) is 0 Å². The summed E-state index contributed by atoms with van der Waals surface area (Å²) in [6, 6.07) is 4.37. The van der Waals surface area contributed by atoms with Crippen LogP contribution in [0, 0.1) is 0 Å². The number of carbonyl (C=O) groups excluding carboxylic acids is 1. The average Bonchev–Trinajstić information content (AvgIpc) is 3.15. The van der Waals surface area contributed by atoms with Gasteiger partial charge in [0.15, 0.2) is 0 Å². The Hall–Kier alpha value is -3.11. The standard InChI is InChI=1S/C24H36FN7O2/c1-15(25)19-11-20(17-7-8-29-21(10-17)24(4,5)34)32(31-19)14-23(2,3)30-22(33)18(27)9-16(12-26)13-28-6/h7-8,10-13,15,18,34H,9,14,26-27H2,1-6H3,(H,30,33)/b16-12-,28-13?. The van der Waals surface area contributed by atoms with Crippen molar-refractivity contribution in [3.63, 3.8) is 0 Å². The summed E-state index contributed by atoms with van der Waals surface area (Å²) in [4.78, 5) is 20.9. The van der Waals surface area contributed by atoms with Crippen LogP contribution in [0.15, 0.2) is 41.2 Å². The van der Waals surface area contributed by atoms with E-state index < -0.39 is 23.4 Å². The van der Waals surface area contributed by atoms with Crippen LogP contribution in [-0.2, 0) is 16.9 Å². The van der Waals surface area contributed by atoms with E-state index in [1.807, 2.05) is 13.8 Å². The Labute approximate surface area is 200 Å². The zero-order valence-electron chi connectivity index (χ0n) is 20.7. The lowest BCUT2D eigenvalue weighted by Gasteiger charge is -2.29. The molecule has 2 atom stereocenters. The molecular weight excluding hydrogens is 437 g/mol. The van der Waals surface area contributed by atoms with Gasteiger partial charge in [-0.05, 0) is 71.0 Å². The Balaban J connectivity index is 2.31. The van der Waals surface area contributed by atoms with Gasteiger partial charge in [-0.1, -0.05) is 0 Å². The van der Waals surface area contributed by atoms with Crippen LogP contribution in [0.5, 0.6) is 0 Å². The number of aliphatic hydroxyl groups is 1. The first-order valence-corrected chi connectivity index (χ1v) is 11.1. The number of rotatable bonds is 10. The highest BCUT2D eigenvalue weighted by atomic mass is 19.1. The number of nitrogens with one attached hydrogen (secondary N) is 1. The van der Waals surface area contributed by atoms with Crippen LogP contribution in [-0.4, -0.2) is 50.6 Å². The minimum absolute atomic E-state index is 0.239. The van der Waals surface area contributed by atoms with Crippen LogP contribution < -0.4 is 16.8 Å². The molecule has 0 aliphatic heterocycles. The summed E-state index contributed by atoms with van der Waals surface area (Å²) in [5, 5.41) is 17.7. The minimum Gasteiger partial charge on any atom is -0.404 e. The molecule has 0 aliphatic carbocycles. The van der Waals surface area contributed by atoms with Gasteiger partial charge in [0.25, 0.3) is 0 Å². The minimum atomic E-state index is -1.27. The van der Waals surface area contributed by atoms with E-state index in [4.69, 9.17) is 11.5 Å². The third kappa shape index (κ3) is 7.19. The number of hydrogen-bond acceptors (Lipinski definition) is 7. The molecule has 0 aliphatic rings. The van der Waals surface area contributed by atoms with Crippen LogP contribution >= 0.6 is 0 Å². The van der Waals surface area contributed by atoms with E-state index in [9.17, 15) is 14.3 Å². The van der Waals surface area contributed by atoms with Crippen LogP contribution in [0.2, 0.25) is 0 Å². The quantitative estimate of drug-likeness (QED) is 0.390. The molecule has 0 bridgehead atoms. The summed E-state index contributed by atoms with van der Waals surface area (Å²) in [5.74, 6) is -0.352. The zero-order chi connectivity index (χ0) is 25.7. The molecule has 1 amide bonds. The Kier molecular flexibility index (Phi) is 8.68. The third-order valence-electron chi connectivity index (χ3n) is 5.20. The highest BCUT2D eigenvalue weighted by Gasteiger charge is 2.27. The van der Waals surface area contributed by atoms with E-state index in [1.165, 1.54) is 13.1 Å². The molecule has 186 valence electrons. The van der Waals surface area contributed by atoms with Gasteiger partial charge in [-0.3, -0.25) is 19.5 Å². The second-order valence-corrected chi connectivity index (χ2v) is 9.53. The lowest BCUT2D eigenvalue weighted by atomic mass is 10.0. The lowest BCUT2D eigenvalue weighted by Crippen LogP contribution is -2.52. The molecule has 2 unspecified atom stereocenters. The molecule has 0 spiro atoms. The Bertz CT molecular complexity index is 1050. The molecule has 2 aromatic rings. The fourth-order valence-electron chi connectivity index (χ4n) is 3.42. The van der Waals surface area contributed by atoms with Gasteiger partial charge < -0.3 is 21.9 Å². The van der Waals surface area contributed by atoms with Gasteiger partial charge in [0.05, 0.1) is 35.2 Å². The summed E-state index contributed by atoms with van der Waals surface area (Å²) in [6.45, 7) is 8.63. The van der Waals surface area contributed by atoms with E-state index in [0.29, 0.717) is 17.0 Å². The van der Waals surface area contributed by atoms with Crippen molar-refractivity contribution in [3.05, 3.63) is 47.6 Å². The molecule has 10 heteroatoms. The predicted octanol–water partition coefficient (Wildman–Crippen LogP) is 2.36. The van der Waals surface area contributed by atoms with E-state index in [2.05, 4.69) is 20.4 Å². The number of nitrogens with zero attached hydrogens (tertiary/aromatic N) is 4. The first-order chi connectivity index (χ1) is 15.8. The van der Waals surface area contributed by atoms with Crippen LogP contribution in [0.3, 0.4) is 0 Å². The molecule has 34 heavy (non-hydrogen) atoms. The second-order valence-electron chi connectivity index (χ2n) is 9.53. The van der Waals surface area contributed by atoms with Gasteiger partial charge >= 0.3 is 0 Å². The molecule has 9 nitrogen and oxygen atoms in total. The number of carbonyl (C=O) groups is 1. The van der Waals surface area contributed by atoms with Crippen molar-refractivity contribution in [3.8, 4) is 11.3 Å². The molecule has 2 heterocycles. The maximum Gasteiger partial charge on any atom is 0.237 e. The molecule has 0 aromatic carbocycles. The van der Waals surface area contributed by atoms with Gasteiger partial charge in [-0.25, -0.2) is 4.39 Å². The molecule has 0 radical (unpaired) electrons. The Morgan fingerprint density at radius 1 is 1.35 bits per heavy atom. The van der Waals surface area contributed by atoms with Crippen molar-refractivity contribution in [1.82, 2.24) is 20.1 Å². The maximum atomic E-state index is 14.1. The fourth-order valence-corrected chi connectivity index (χ4v) is 3.42. The fraction of sp³-hybridized carbons (Fsp3) is 0.500. The zero-order valence-corrected chi connectivity index (χ0v) is 20.7. The number of nitrogens with two attached hydrogens (primary N) is 2. The van der Waals surface area contributed by atoms with E-state index in [0.717, 1.165) is 5.56 Å². The summed E-state index contributed by atoms with van der Waals surface area (Å²) >= 11 is 0. The second kappa shape index (κ2) is 10.9. The molecule has 0 saturated carbocycles. The van der Waals surface area contributed by atoms with E-state index >= 15 is 0 Å². The van der Waals surface area contributed by atoms with Crippen molar-refractivity contribution in [1.29, 1.82) is 0 Å². The maximum absolute atomic E-state index is 14.1. The number of pyridine rings is 1. The number of aliphatic imine (C=N–C) groups is 1. The van der Waals surface area contributed by atoms with Crippen molar-refractivity contribution < 1.29 is 14.3 Å². The average molecular weight is 474 g/mol. The molecule has 0 fully saturated rings. The molecule has 2 aromatic heterocycles. The van der Waals surface area contributed by atoms with Crippen molar-refractivity contribution in [2.75, 3.05) is 7.05 Å². The van der Waals surface area contributed by atoms with Crippen LogP contribution in [0.25, 0.3) is 11.3 Å². The molecule has 6 N–H and O–H groups in total. The van der Waals surface area contributed by atoms with Gasteiger partial charge in [0.2, 0.25) is 5.91 Å². The Morgan fingerprint density at radius 2 is 2.03 bits per heavy atom. The lowest BCUT2D eigenvalue weighted by molar-refractivity contribution is -0.124. The number of alkyl halides is 1. The van der Waals surface area contributed by atoms with Crippen molar-refractivity contribution in [2.45, 2.75) is 70.9 Å². The van der Waals surface area contributed by atoms with Crippen LogP contribution in [0.1, 0.15) is 58.6 Å². The van der Waals surface area contributed by atoms with Crippen molar-refractivity contribution in [2.24, 2.45) is 16.5 Å². The van der Waals surface area contributed by atoms with E-state index in [1.54, 1.807) is 56.2 Å². The molecule has 2 rings (SSSR count). The first-order valence-electron chi connectivity index (χ1n) is 11.1. The number of amides is 1. The Morgan fingerprint density at radius 3 is 2.59 bits per heavy atom. The topological polar surface area (TPSA) is 144 Å². The largest absolute Gasteiger partial charge is 0.404 e. The summed E-state index contributed by atoms with van der Waals surface area (Å²) in [5.41, 5.74) is 12.5. The summed E-state index contributed by atoms with van der Waals surface area (Å²) in [7, 11) is 1.61. The monoisotopic (exact) mass is 473 g/mol. The van der Waals surface area contributed by atoms with Gasteiger partial charge in [0.1, 0.15) is 11.8 Å². The normalized spacial score (nSPS) is 14.9. The highest BCUT2D eigenvalue weighted by Crippen LogP contribution is 2.28.